The van der Waals surface area contributed by atoms with E-state index in [-0.39, 0.29) is 0 Å². The predicted octanol–water partition coefficient (Wildman–Crippen LogP) is 0.365. The van der Waals surface area contributed by atoms with Gasteiger partial charge in [-0.15, -0.1) is 0 Å². The Morgan fingerprint density at radius 1 is 1.89 bits per heavy atom. The van der Waals surface area contributed by atoms with Crippen LogP contribution in [0.2, 0.25) is 0 Å². The van der Waals surface area contributed by atoms with E-state index in [0.717, 1.165) is 0 Å². The van der Waals surface area contributed by atoms with Gasteiger partial charge in [0, 0.05) is 0 Å². The number of rotatable bonds is 3. The van der Waals surface area contributed by atoms with Crippen LogP contribution in [0.15, 0.2) is 12.2 Å². The van der Waals surface area contributed by atoms with Gasteiger partial charge in [-0.25, -0.2) is 0 Å². The van der Waals surface area contributed by atoms with Crippen LogP contribution in [0.25, 0.3) is 0 Å². The van der Waals surface area contributed by atoms with Gasteiger partial charge in [-0.1, -0.05) is 13.5 Å². The van der Waals surface area contributed by atoms with E-state index in [1.165, 1.54) is 0 Å². The van der Waals surface area contributed by atoms with Gasteiger partial charge in [0.25, 0.3) is 0 Å². The van der Waals surface area contributed by atoms with Crippen LogP contribution in [0, 0.1) is 0 Å². The molecule has 0 heterocycles. The molecular weight excluding hydrogens is 118 g/mol. The highest BCUT2D eigenvalue weighted by atomic mass is 16.4. The highest BCUT2D eigenvalue weighted by molar-refractivity contribution is 5.76. The third-order valence-corrected chi connectivity index (χ3v) is 1.16. The molecule has 0 spiro atoms. The number of nitrogens with two attached hydrogens (primary N) is 1. The third kappa shape index (κ3) is 2.28. The zero-order valence-corrected chi connectivity index (χ0v) is 5.42. The first-order valence-corrected chi connectivity index (χ1v) is 2.75. The number of hydrogen-bond donors (Lipinski definition) is 2. The summed E-state index contributed by atoms with van der Waals surface area (Å²) >= 11 is 0. The molecule has 0 aromatic rings. The fraction of sp³-hybridized carbons (Fsp3) is 0.500. The van der Waals surface area contributed by atoms with Gasteiger partial charge in [0.15, 0.2) is 0 Å². The minimum absolute atomic E-state index is 0.558. The zero-order chi connectivity index (χ0) is 7.44. The molecule has 0 unspecified atom stereocenters. The molecule has 3 nitrogen and oxygen atoms in total. The van der Waals surface area contributed by atoms with E-state index in [4.69, 9.17) is 10.8 Å². The molecule has 0 aliphatic carbocycles. The fourth-order valence-electron chi connectivity index (χ4n) is 0.395. The Balaban J connectivity index is 3.88. The SMILES string of the molecule is C=C(CC)[C@@H](N)C(=O)O. The van der Waals surface area contributed by atoms with Crippen LogP contribution in [0.5, 0.6) is 0 Å². The van der Waals surface area contributed by atoms with E-state index in [1.54, 1.807) is 0 Å². The van der Waals surface area contributed by atoms with Crippen molar-refractivity contribution >= 4 is 5.97 Å². The van der Waals surface area contributed by atoms with Gasteiger partial charge in [-0.05, 0) is 12.0 Å². The topological polar surface area (TPSA) is 63.3 Å². The molecule has 0 saturated carbocycles. The Kier molecular flexibility index (Phi) is 2.95. The number of carboxylic acid groups (broad SMARTS) is 1. The number of carbonyl (C=O) groups is 1. The Morgan fingerprint density at radius 2 is 2.33 bits per heavy atom. The number of hydrogen-bond acceptors (Lipinski definition) is 2. The van der Waals surface area contributed by atoms with Crippen LogP contribution in [0.1, 0.15) is 13.3 Å². The average Bonchev–Trinajstić information content (AvgIpc) is 1.84. The average molecular weight is 129 g/mol. The molecule has 0 aromatic carbocycles. The lowest BCUT2D eigenvalue weighted by atomic mass is 10.1. The van der Waals surface area contributed by atoms with Gasteiger partial charge in [0.05, 0.1) is 0 Å². The predicted molar refractivity (Wildman–Crippen MR) is 35.0 cm³/mol. The van der Waals surface area contributed by atoms with Crippen molar-refractivity contribution < 1.29 is 9.90 Å². The summed E-state index contributed by atoms with van der Waals surface area (Å²) in [6.45, 7) is 5.31. The summed E-state index contributed by atoms with van der Waals surface area (Å²) in [6, 6.07) is -0.894. The lowest BCUT2D eigenvalue weighted by Gasteiger charge is -2.05. The summed E-state index contributed by atoms with van der Waals surface area (Å²) in [5.74, 6) is -1.01. The second-order valence-corrected chi connectivity index (χ2v) is 1.83. The van der Waals surface area contributed by atoms with Crippen molar-refractivity contribution in [2.24, 2.45) is 5.73 Å². The van der Waals surface area contributed by atoms with Crippen LogP contribution >= 0.6 is 0 Å². The van der Waals surface area contributed by atoms with E-state index < -0.39 is 12.0 Å². The van der Waals surface area contributed by atoms with Crippen LogP contribution in [0.3, 0.4) is 0 Å². The van der Waals surface area contributed by atoms with Gasteiger partial charge < -0.3 is 10.8 Å². The second-order valence-electron chi connectivity index (χ2n) is 1.83. The van der Waals surface area contributed by atoms with Crippen molar-refractivity contribution in [1.29, 1.82) is 0 Å². The van der Waals surface area contributed by atoms with Crippen LogP contribution in [-0.4, -0.2) is 17.1 Å². The Bertz CT molecular complexity index is 131. The van der Waals surface area contributed by atoms with Gasteiger partial charge in [0.2, 0.25) is 0 Å². The Morgan fingerprint density at radius 3 is 2.44 bits per heavy atom. The lowest BCUT2D eigenvalue weighted by molar-refractivity contribution is -0.137. The van der Waals surface area contributed by atoms with E-state index in [2.05, 4.69) is 6.58 Å². The van der Waals surface area contributed by atoms with Gasteiger partial charge in [0.1, 0.15) is 6.04 Å². The molecule has 3 heteroatoms. The summed E-state index contributed by atoms with van der Waals surface area (Å²) in [7, 11) is 0. The van der Waals surface area contributed by atoms with Crippen molar-refractivity contribution in [3.63, 3.8) is 0 Å². The Hall–Kier alpha value is -0.830. The van der Waals surface area contributed by atoms with Gasteiger partial charge >= 0.3 is 5.97 Å². The molecule has 0 bridgehead atoms. The molecule has 0 aromatic heterocycles. The molecule has 0 aliphatic rings. The van der Waals surface area contributed by atoms with E-state index in [0.29, 0.717) is 12.0 Å². The maximum absolute atomic E-state index is 10.1. The normalized spacial score (nSPS) is 12.7. The Labute approximate surface area is 54.2 Å². The summed E-state index contributed by atoms with van der Waals surface area (Å²) in [5, 5.41) is 8.30. The highest BCUT2D eigenvalue weighted by Gasteiger charge is 2.12. The summed E-state index contributed by atoms with van der Waals surface area (Å²) in [4.78, 5) is 10.1. The molecule has 3 N–H and O–H groups in total. The lowest BCUT2D eigenvalue weighted by Crippen LogP contribution is -2.31. The third-order valence-electron chi connectivity index (χ3n) is 1.16. The van der Waals surface area contributed by atoms with E-state index in [1.807, 2.05) is 6.92 Å². The highest BCUT2D eigenvalue weighted by Crippen LogP contribution is 2.00. The second kappa shape index (κ2) is 3.25. The number of aliphatic carboxylic acids is 1. The monoisotopic (exact) mass is 129 g/mol. The van der Waals surface area contributed by atoms with Crippen molar-refractivity contribution in [3.8, 4) is 0 Å². The van der Waals surface area contributed by atoms with Gasteiger partial charge in [-0.3, -0.25) is 4.79 Å². The smallest absolute Gasteiger partial charge is 0.324 e. The molecular formula is C6H11NO2. The fourth-order valence-corrected chi connectivity index (χ4v) is 0.395. The molecule has 0 rings (SSSR count). The summed E-state index contributed by atoms with van der Waals surface area (Å²) in [5.41, 5.74) is 5.73. The summed E-state index contributed by atoms with van der Waals surface area (Å²) in [6.07, 6.45) is 0.619. The van der Waals surface area contributed by atoms with E-state index in [9.17, 15) is 4.79 Å². The number of carboxylic acids is 1. The molecule has 0 saturated heterocycles. The molecule has 0 amide bonds. The minimum atomic E-state index is -1.01. The van der Waals surface area contributed by atoms with Crippen LogP contribution in [0.4, 0.5) is 0 Å². The zero-order valence-electron chi connectivity index (χ0n) is 5.42. The molecule has 1 atom stereocenters. The van der Waals surface area contributed by atoms with Gasteiger partial charge in [-0.2, -0.15) is 0 Å². The van der Waals surface area contributed by atoms with Crippen molar-refractivity contribution in [2.45, 2.75) is 19.4 Å². The summed E-state index contributed by atoms with van der Waals surface area (Å²) < 4.78 is 0. The first kappa shape index (κ1) is 8.17. The maximum atomic E-state index is 10.1. The largest absolute Gasteiger partial charge is 0.480 e. The molecule has 0 fully saturated rings. The van der Waals surface area contributed by atoms with Crippen molar-refractivity contribution in [2.75, 3.05) is 0 Å². The van der Waals surface area contributed by atoms with Crippen LogP contribution < -0.4 is 5.73 Å². The maximum Gasteiger partial charge on any atom is 0.324 e. The molecule has 0 radical (unpaired) electrons. The van der Waals surface area contributed by atoms with Crippen molar-refractivity contribution in [3.05, 3.63) is 12.2 Å². The quantitative estimate of drug-likeness (QED) is 0.541. The van der Waals surface area contributed by atoms with Crippen molar-refractivity contribution in [1.82, 2.24) is 0 Å². The first-order chi connectivity index (χ1) is 4.09. The molecule has 9 heavy (non-hydrogen) atoms. The molecule has 52 valence electrons. The first-order valence-electron chi connectivity index (χ1n) is 2.75. The van der Waals surface area contributed by atoms with Crippen LogP contribution in [-0.2, 0) is 4.79 Å². The minimum Gasteiger partial charge on any atom is -0.480 e. The van der Waals surface area contributed by atoms with E-state index >= 15 is 0 Å². The standard InChI is InChI=1S/C6H11NO2/c1-3-4(2)5(7)6(8)9/h5H,2-3,7H2,1H3,(H,8,9)/t5-/m1/s1. The molecule has 0 aliphatic heterocycles.